The molecule has 0 saturated carbocycles. The van der Waals surface area contributed by atoms with Crippen LogP contribution >= 0.6 is 39.9 Å². The Morgan fingerprint density at radius 2 is 2.15 bits per heavy atom. The third kappa shape index (κ3) is 3.47. The Labute approximate surface area is 98.2 Å². The van der Waals surface area contributed by atoms with Crippen LogP contribution in [0.15, 0.2) is 22.7 Å². The molecule has 0 amide bonds. The minimum atomic E-state index is 0. The van der Waals surface area contributed by atoms with Gasteiger partial charge in [-0.15, -0.1) is 12.4 Å². The molecule has 0 spiro atoms. The van der Waals surface area contributed by atoms with Crippen LogP contribution in [0.5, 0.6) is 0 Å². The van der Waals surface area contributed by atoms with Crippen molar-refractivity contribution in [1.82, 2.24) is 0 Å². The average molecular weight is 285 g/mol. The van der Waals surface area contributed by atoms with Gasteiger partial charge in [-0.3, -0.25) is 0 Å². The molecule has 0 aromatic heterocycles. The molecule has 1 atom stereocenters. The number of nitrogens with two attached hydrogens (primary N) is 1. The Bertz CT molecular complexity index is 278. The highest BCUT2D eigenvalue weighted by atomic mass is 79.9. The van der Waals surface area contributed by atoms with Gasteiger partial charge in [0.2, 0.25) is 0 Å². The zero-order valence-corrected chi connectivity index (χ0v) is 10.4. The van der Waals surface area contributed by atoms with E-state index in [1.807, 2.05) is 18.2 Å². The number of hydrogen-bond acceptors (Lipinski definition) is 1. The maximum atomic E-state index is 5.99. The summed E-state index contributed by atoms with van der Waals surface area (Å²) in [6.45, 7) is 2.68. The minimum absolute atomic E-state index is 0. The summed E-state index contributed by atoms with van der Waals surface area (Å²) >= 11 is 9.39. The van der Waals surface area contributed by atoms with Gasteiger partial charge in [-0.2, -0.15) is 0 Å². The predicted octanol–water partition coefficient (Wildman–Crippen LogP) is 3.59. The van der Waals surface area contributed by atoms with E-state index in [2.05, 4.69) is 22.9 Å². The summed E-state index contributed by atoms with van der Waals surface area (Å²) in [4.78, 5) is 0. The zero-order chi connectivity index (χ0) is 9.14. The van der Waals surface area contributed by atoms with Gasteiger partial charge in [-0.05, 0) is 36.2 Å². The molecule has 0 heterocycles. The monoisotopic (exact) mass is 283 g/mol. The van der Waals surface area contributed by atoms with Crippen molar-refractivity contribution >= 4 is 39.9 Å². The first-order valence-corrected chi connectivity index (χ1v) is 4.97. The molecule has 1 aromatic rings. The van der Waals surface area contributed by atoms with Gasteiger partial charge in [0.1, 0.15) is 0 Å². The van der Waals surface area contributed by atoms with E-state index in [1.165, 1.54) is 0 Å². The van der Waals surface area contributed by atoms with E-state index in [4.69, 9.17) is 17.3 Å². The van der Waals surface area contributed by atoms with Gasteiger partial charge in [-0.25, -0.2) is 0 Å². The molecular weight excluding hydrogens is 273 g/mol. The van der Waals surface area contributed by atoms with E-state index < -0.39 is 0 Å². The standard InChI is InChI=1S/C9H11BrClN.ClH/c1-6(5-12)8-4-7(10)2-3-9(8)11;/h2-4,6H,5,12H2,1H3;1H. The van der Waals surface area contributed by atoms with E-state index in [1.54, 1.807) is 0 Å². The van der Waals surface area contributed by atoms with Crippen molar-refractivity contribution in [2.75, 3.05) is 6.54 Å². The number of hydrogen-bond donors (Lipinski definition) is 1. The van der Waals surface area contributed by atoms with Crippen LogP contribution in [0.25, 0.3) is 0 Å². The van der Waals surface area contributed by atoms with Crippen LogP contribution in [0, 0.1) is 0 Å². The Balaban J connectivity index is 0.00000144. The summed E-state index contributed by atoms with van der Waals surface area (Å²) in [7, 11) is 0. The Morgan fingerprint density at radius 3 is 2.69 bits per heavy atom. The molecule has 1 unspecified atom stereocenters. The number of rotatable bonds is 2. The van der Waals surface area contributed by atoms with Crippen molar-refractivity contribution in [2.24, 2.45) is 5.73 Å². The molecule has 1 rings (SSSR count). The highest BCUT2D eigenvalue weighted by Crippen LogP contribution is 2.26. The summed E-state index contributed by atoms with van der Waals surface area (Å²) in [5.41, 5.74) is 6.65. The second-order valence-electron chi connectivity index (χ2n) is 2.80. The molecule has 0 saturated heterocycles. The van der Waals surface area contributed by atoms with Gasteiger partial charge in [0.15, 0.2) is 0 Å². The predicted molar refractivity (Wildman–Crippen MR) is 63.9 cm³/mol. The Kier molecular flexibility index (Phi) is 5.97. The summed E-state index contributed by atoms with van der Waals surface area (Å²) < 4.78 is 1.04. The second kappa shape index (κ2) is 5.86. The first kappa shape index (κ1) is 13.2. The van der Waals surface area contributed by atoms with Crippen LogP contribution < -0.4 is 5.73 Å². The van der Waals surface area contributed by atoms with E-state index in [9.17, 15) is 0 Å². The van der Waals surface area contributed by atoms with Crippen molar-refractivity contribution in [3.63, 3.8) is 0 Å². The van der Waals surface area contributed by atoms with Crippen LogP contribution in [0.1, 0.15) is 18.4 Å². The van der Waals surface area contributed by atoms with Crippen molar-refractivity contribution in [3.8, 4) is 0 Å². The minimum Gasteiger partial charge on any atom is -0.330 e. The first-order valence-electron chi connectivity index (χ1n) is 3.80. The van der Waals surface area contributed by atoms with E-state index in [-0.39, 0.29) is 12.4 Å². The van der Waals surface area contributed by atoms with Crippen molar-refractivity contribution in [3.05, 3.63) is 33.3 Å². The molecule has 0 fully saturated rings. The fourth-order valence-electron chi connectivity index (χ4n) is 1.02. The zero-order valence-electron chi connectivity index (χ0n) is 7.26. The summed E-state index contributed by atoms with van der Waals surface area (Å²) in [5, 5.41) is 0.788. The normalized spacial score (nSPS) is 12.0. The van der Waals surface area contributed by atoms with E-state index >= 15 is 0 Å². The first-order chi connectivity index (χ1) is 5.65. The molecule has 13 heavy (non-hydrogen) atoms. The fourth-order valence-corrected chi connectivity index (χ4v) is 1.70. The third-order valence-corrected chi connectivity index (χ3v) is 2.68. The van der Waals surface area contributed by atoms with E-state index in [0.717, 1.165) is 15.1 Å². The maximum Gasteiger partial charge on any atom is 0.0441 e. The molecule has 1 nitrogen and oxygen atoms in total. The summed E-state index contributed by atoms with van der Waals surface area (Å²) in [5.74, 6) is 0.315. The van der Waals surface area contributed by atoms with Gasteiger partial charge in [0.25, 0.3) is 0 Å². The van der Waals surface area contributed by atoms with Crippen LogP contribution in [-0.4, -0.2) is 6.54 Å². The molecular formula is C9H12BrCl2N. The van der Waals surface area contributed by atoms with Crippen LogP contribution in [0.3, 0.4) is 0 Å². The summed E-state index contributed by atoms with van der Waals surface area (Å²) in [6, 6.07) is 5.82. The molecule has 0 aliphatic heterocycles. The van der Waals surface area contributed by atoms with Gasteiger partial charge < -0.3 is 5.73 Å². The number of halogens is 3. The molecule has 0 bridgehead atoms. The molecule has 2 N–H and O–H groups in total. The molecule has 4 heteroatoms. The highest BCUT2D eigenvalue weighted by molar-refractivity contribution is 9.10. The van der Waals surface area contributed by atoms with Gasteiger partial charge in [-0.1, -0.05) is 34.5 Å². The fraction of sp³-hybridized carbons (Fsp3) is 0.333. The van der Waals surface area contributed by atoms with Gasteiger partial charge >= 0.3 is 0 Å². The van der Waals surface area contributed by atoms with E-state index in [0.29, 0.717) is 12.5 Å². The van der Waals surface area contributed by atoms with Crippen LogP contribution in [-0.2, 0) is 0 Å². The quantitative estimate of drug-likeness (QED) is 0.883. The van der Waals surface area contributed by atoms with Gasteiger partial charge in [0.05, 0.1) is 0 Å². The van der Waals surface area contributed by atoms with Crippen molar-refractivity contribution < 1.29 is 0 Å². The maximum absolute atomic E-state index is 5.99. The highest BCUT2D eigenvalue weighted by Gasteiger charge is 2.07. The average Bonchev–Trinajstić information content (AvgIpc) is 2.08. The topological polar surface area (TPSA) is 26.0 Å². The lowest BCUT2D eigenvalue weighted by Gasteiger charge is -2.10. The molecule has 0 radical (unpaired) electrons. The van der Waals surface area contributed by atoms with Crippen molar-refractivity contribution in [2.45, 2.75) is 12.8 Å². The van der Waals surface area contributed by atoms with Crippen LogP contribution in [0.4, 0.5) is 0 Å². The molecule has 74 valence electrons. The van der Waals surface area contributed by atoms with Gasteiger partial charge in [0, 0.05) is 9.50 Å². The lowest BCUT2D eigenvalue weighted by Crippen LogP contribution is -2.09. The second-order valence-corrected chi connectivity index (χ2v) is 4.13. The Hall–Kier alpha value is 0.240. The lowest BCUT2D eigenvalue weighted by molar-refractivity contribution is 0.774. The SMILES string of the molecule is CC(CN)c1cc(Br)ccc1Cl.Cl. The largest absolute Gasteiger partial charge is 0.330 e. The van der Waals surface area contributed by atoms with Crippen LogP contribution in [0.2, 0.25) is 5.02 Å². The Morgan fingerprint density at radius 1 is 1.54 bits per heavy atom. The number of benzene rings is 1. The molecule has 0 aliphatic carbocycles. The smallest absolute Gasteiger partial charge is 0.0441 e. The molecule has 0 aliphatic rings. The molecule has 1 aromatic carbocycles. The van der Waals surface area contributed by atoms with Crippen molar-refractivity contribution in [1.29, 1.82) is 0 Å². The lowest BCUT2D eigenvalue weighted by atomic mass is 10.0. The third-order valence-electron chi connectivity index (χ3n) is 1.84. The summed E-state index contributed by atoms with van der Waals surface area (Å²) in [6.07, 6.45) is 0.